The summed E-state index contributed by atoms with van der Waals surface area (Å²) >= 11 is 0. The first-order valence-corrected chi connectivity index (χ1v) is 6.56. The highest BCUT2D eigenvalue weighted by atomic mass is 16.5. The number of aliphatic hydroxyl groups excluding tert-OH is 1. The van der Waals surface area contributed by atoms with Crippen LogP contribution in [0.1, 0.15) is 25.7 Å². The Morgan fingerprint density at radius 3 is 2.69 bits per heavy atom. The topological polar surface area (TPSA) is 32.7 Å². The van der Waals surface area contributed by atoms with Crippen LogP contribution in [0.25, 0.3) is 0 Å². The van der Waals surface area contributed by atoms with Crippen LogP contribution in [0, 0.1) is 17.8 Å². The first kappa shape index (κ1) is 12.3. The lowest BCUT2D eigenvalue weighted by Gasteiger charge is -2.29. The van der Waals surface area contributed by atoms with Gasteiger partial charge in [0.15, 0.2) is 0 Å². The first-order valence-electron chi connectivity index (χ1n) is 6.56. The van der Waals surface area contributed by atoms with Crippen molar-refractivity contribution in [3.05, 3.63) is 0 Å². The summed E-state index contributed by atoms with van der Waals surface area (Å²) in [5.74, 6) is 2.61. The average Bonchev–Trinajstić information content (AvgIpc) is 2.98. The second kappa shape index (κ2) is 5.48. The van der Waals surface area contributed by atoms with E-state index in [0.717, 1.165) is 24.2 Å². The van der Waals surface area contributed by atoms with Gasteiger partial charge in [0.25, 0.3) is 0 Å². The van der Waals surface area contributed by atoms with E-state index < -0.39 is 0 Å². The van der Waals surface area contributed by atoms with Crippen LogP contribution in [0.2, 0.25) is 0 Å². The molecule has 0 radical (unpaired) electrons. The normalized spacial score (nSPS) is 33.9. The molecule has 1 saturated heterocycles. The summed E-state index contributed by atoms with van der Waals surface area (Å²) in [5.41, 5.74) is 0. The zero-order valence-electron chi connectivity index (χ0n) is 10.6. The van der Waals surface area contributed by atoms with Crippen LogP contribution in [0.15, 0.2) is 0 Å². The van der Waals surface area contributed by atoms with Crippen LogP contribution in [-0.4, -0.2) is 50.0 Å². The zero-order valence-corrected chi connectivity index (χ0v) is 10.6. The maximum atomic E-state index is 9.68. The van der Waals surface area contributed by atoms with Crippen molar-refractivity contribution < 1.29 is 9.84 Å². The number of likely N-dealkylation sites (tertiary alicyclic amines) is 1. The molecule has 0 spiro atoms. The standard InChI is InChI=1S/C13H25NO2/c1-14-5-3-10(4-6-14)13-8-11(13)7-12(15)9-16-2/h10-13,15H,3-9H2,1-2H3. The van der Waals surface area contributed by atoms with E-state index in [4.69, 9.17) is 4.74 Å². The molecule has 2 aliphatic rings. The smallest absolute Gasteiger partial charge is 0.0776 e. The van der Waals surface area contributed by atoms with Gasteiger partial charge >= 0.3 is 0 Å². The van der Waals surface area contributed by atoms with E-state index in [0.29, 0.717) is 6.61 Å². The average molecular weight is 227 g/mol. The van der Waals surface area contributed by atoms with Crippen molar-refractivity contribution in [3.8, 4) is 0 Å². The summed E-state index contributed by atoms with van der Waals surface area (Å²) in [6.45, 7) is 3.01. The monoisotopic (exact) mass is 227 g/mol. The third-order valence-electron chi connectivity index (χ3n) is 4.28. The minimum absolute atomic E-state index is 0.244. The summed E-state index contributed by atoms with van der Waals surface area (Å²) in [4.78, 5) is 2.42. The van der Waals surface area contributed by atoms with Crippen LogP contribution < -0.4 is 0 Å². The Morgan fingerprint density at radius 1 is 1.38 bits per heavy atom. The van der Waals surface area contributed by atoms with Gasteiger partial charge in [0, 0.05) is 7.11 Å². The molecule has 3 atom stereocenters. The lowest BCUT2D eigenvalue weighted by molar-refractivity contribution is 0.0534. The maximum absolute atomic E-state index is 9.68. The Labute approximate surface area is 98.8 Å². The molecule has 94 valence electrons. The van der Waals surface area contributed by atoms with Gasteiger partial charge in [-0.25, -0.2) is 0 Å². The molecule has 2 rings (SSSR count). The van der Waals surface area contributed by atoms with E-state index in [1.165, 1.54) is 32.4 Å². The molecule has 3 heteroatoms. The summed E-state index contributed by atoms with van der Waals surface area (Å²) in [6.07, 6.45) is 4.77. The molecule has 1 heterocycles. The van der Waals surface area contributed by atoms with E-state index >= 15 is 0 Å². The zero-order chi connectivity index (χ0) is 11.5. The van der Waals surface area contributed by atoms with Crippen molar-refractivity contribution in [3.63, 3.8) is 0 Å². The Hall–Kier alpha value is -0.120. The molecule has 1 aliphatic heterocycles. The van der Waals surface area contributed by atoms with Crippen molar-refractivity contribution in [1.29, 1.82) is 0 Å². The molecule has 2 fully saturated rings. The Balaban J connectivity index is 1.66. The molecular weight excluding hydrogens is 202 g/mol. The van der Waals surface area contributed by atoms with Gasteiger partial charge in [-0.2, -0.15) is 0 Å². The number of rotatable bonds is 5. The van der Waals surface area contributed by atoms with E-state index in [2.05, 4.69) is 11.9 Å². The van der Waals surface area contributed by atoms with Crippen molar-refractivity contribution in [2.24, 2.45) is 17.8 Å². The Morgan fingerprint density at radius 2 is 2.06 bits per heavy atom. The maximum Gasteiger partial charge on any atom is 0.0776 e. The molecule has 1 saturated carbocycles. The summed E-state index contributed by atoms with van der Waals surface area (Å²) in [6, 6.07) is 0. The molecule has 0 aromatic rings. The van der Waals surface area contributed by atoms with Crippen molar-refractivity contribution >= 4 is 0 Å². The highest BCUT2D eigenvalue weighted by Gasteiger charge is 2.43. The van der Waals surface area contributed by atoms with Gasteiger partial charge in [-0.3, -0.25) is 0 Å². The van der Waals surface area contributed by atoms with E-state index in [1.54, 1.807) is 7.11 Å². The predicted octanol–water partition coefficient (Wildman–Crippen LogP) is 1.36. The summed E-state index contributed by atoms with van der Waals surface area (Å²) in [5, 5.41) is 9.68. The highest BCUT2D eigenvalue weighted by molar-refractivity contribution is 4.93. The van der Waals surface area contributed by atoms with E-state index in [1.807, 2.05) is 0 Å². The van der Waals surface area contributed by atoms with Crippen molar-refractivity contribution in [1.82, 2.24) is 4.90 Å². The number of hydrogen-bond acceptors (Lipinski definition) is 3. The second-order valence-corrected chi connectivity index (χ2v) is 5.65. The molecule has 3 unspecified atom stereocenters. The van der Waals surface area contributed by atoms with Crippen LogP contribution in [-0.2, 0) is 4.74 Å². The molecule has 0 amide bonds. The molecule has 0 aromatic heterocycles. The van der Waals surface area contributed by atoms with Gasteiger partial charge in [0.2, 0.25) is 0 Å². The molecule has 16 heavy (non-hydrogen) atoms. The van der Waals surface area contributed by atoms with Crippen LogP contribution in [0.3, 0.4) is 0 Å². The van der Waals surface area contributed by atoms with Gasteiger partial charge in [-0.05, 0) is 63.6 Å². The molecule has 0 aromatic carbocycles. The second-order valence-electron chi connectivity index (χ2n) is 5.65. The number of hydrogen-bond donors (Lipinski definition) is 1. The fourth-order valence-electron chi connectivity index (χ4n) is 3.19. The minimum Gasteiger partial charge on any atom is -0.391 e. The number of ether oxygens (including phenoxy) is 1. The Bertz CT molecular complexity index is 214. The van der Waals surface area contributed by atoms with Gasteiger partial charge < -0.3 is 14.7 Å². The van der Waals surface area contributed by atoms with Crippen LogP contribution in [0.4, 0.5) is 0 Å². The highest BCUT2D eigenvalue weighted by Crippen LogP contribution is 2.50. The molecule has 1 aliphatic carbocycles. The fraction of sp³-hybridized carbons (Fsp3) is 1.00. The predicted molar refractivity (Wildman–Crippen MR) is 64.3 cm³/mol. The van der Waals surface area contributed by atoms with Gasteiger partial charge in [-0.15, -0.1) is 0 Å². The van der Waals surface area contributed by atoms with E-state index in [9.17, 15) is 5.11 Å². The number of nitrogens with zero attached hydrogens (tertiary/aromatic N) is 1. The lowest BCUT2D eigenvalue weighted by atomic mass is 9.90. The van der Waals surface area contributed by atoms with E-state index in [-0.39, 0.29) is 6.10 Å². The molecular formula is C13H25NO2. The van der Waals surface area contributed by atoms with Crippen LogP contribution >= 0.6 is 0 Å². The number of piperidine rings is 1. The largest absolute Gasteiger partial charge is 0.391 e. The molecule has 3 nitrogen and oxygen atoms in total. The van der Waals surface area contributed by atoms with Crippen molar-refractivity contribution in [2.45, 2.75) is 31.8 Å². The van der Waals surface area contributed by atoms with Crippen LogP contribution in [0.5, 0.6) is 0 Å². The summed E-state index contributed by atoms with van der Waals surface area (Å²) < 4.78 is 4.97. The van der Waals surface area contributed by atoms with Gasteiger partial charge in [-0.1, -0.05) is 0 Å². The SMILES string of the molecule is COCC(O)CC1CC1C1CCN(C)CC1. The summed E-state index contributed by atoms with van der Waals surface area (Å²) in [7, 11) is 3.87. The fourth-order valence-corrected chi connectivity index (χ4v) is 3.19. The van der Waals surface area contributed by atoms with Gasteiger partial charge in [0.1, 0.15) is 0 Å². The molecule has 1 N–H and O–H groups in total. The Kier molecular flexibility index (Phi) is 4.22. The third-order valence-corrected chi connectivity index (χ3v) is 4.28. The molecule has 0 bridgehead atoms. The quantitative estimate of drug-likeness (QED) is 0.770. The lowest BCUT2D eigenvalue weighted by Crippen LogP contribution is -2.31. The first-order chi connectivity index (χ1) is 7.70. The van der Waals surface area contributed by atoms with Gasteiger partial charge in [0.05, 0.1) is 12.7 Å². The number of methoxy groups -OCH3 is 1. The van der Waals surface area contributed by atoms with Crippen molar-refractivity contribution in [2.75, 3.05) is 33.9 Å². The number of aliphatic hydroxyl groups is 1. The minimum atomic E-state index is -0.244. The third kappa shape index (κ3) is 3.19.